The van der Waals surface area contributed by atoms with Gasteiger partial charge in [0.2, 0.25) is 0 Å². The van der Waals surface area contributed by atoms with Gasteiger partial charge in [-0.05, 0) is 39.0 Å². The summed E-state index contributed by atoms with van der Waals surface area (Å²) in [6.45, 7) is 13.4. The van der Waals surface area contributed by atoms with Crippen LogP contribution < -0.4 is 0 Å². The van der Waals surface area contributed by atoms with Gasteiger partial charge in [0.1, 0.15) is 0 Å². The van der Waals surface area contributed by atoms with Crippen LogP contribution in [0.15, 0.2) is 0 Å². The Labute approximate surface area is 99.4 Å². The average Bonchev–Trinajstić information content (AvgIpc) is 2.69. The number of nitrogens with zero attached hydrogens (tertiary/aromatic N) is 2. The molecule has 2 rings (SSSR count). The van der Waals surface area contributed by atoms with Crippen molar-refractivity contribution in [3.8, 4) is 0 Å². The van der Waals surface area contributed by atoms with E-state index in [9.17, 15) is 0 Å². The topological polar surface area (TPSA) is 26.7 Å². The van der Waals surface area contributed by atoms with Gasteiger partial charge < -0.3 is 10.0 Å². The molecule has 2 fully saturated rings. The number of hydrogen-bond donors (Lipinski definition) is 1. The molecule has 0 radical (unpaired) electrons. The third kappa shape index (κ3) is 2.58. The van der Waals surface area contributed by atoms with Gasteiger partial charge in [-0.15, -0.1) is 0 Å². The zero-order valence-electron chi connectivity index (χ0n) is 10.9. The largest absolute Gasteiger partial charge is 0.396 e. The summed E-state index contributed by atoms with van der Waals surface area (Å²) >= 11 is 0. The van der Waals surface area contributed by atoms with Crippen molar-refractivity contribution in [3.05, 3.63) is 0 Å². The van der Waals surface area contributed by atoms with E-state index in [0.717, 1.165) is 24.8 Å². The van der Waals surface area contributed by atoms with Crippen molar-refractivity contribution < 1.29 is 5.11 Å². The van der Waals surface area contributed by atoms with Crippen LogP contribution in [0, 0.1) is 11.8 Å². The summed E-state index contributed by atoms with van der Waals surface area (Å²) in [6, 6.07) is 0. The van der Waals surface area contributed by atoms with Gasteiger partial charge in [-0.3, -0.25) is 4.90 Å². The second-order valence-corrected chi connectivity index (χ2v) is 6.43. The number of fused-ring (bicyclic) bond motifs is 1. The highest BCUT2D eigenvalue weighted by Crippen LogP contribution is 2.34. The van der Waals surface area contributed by atoms with Gasteiger partial charge in [-0.1, -0.05) is 0 Å². The standard InChI is InChI=1S/C13H26N2O/c1-13(2,3)15-9-11-7-14(5-4-6-16)8-12(11)10-15/h11-12,16H,4-10H2,1-3H3/t11-,12+. The number of rotatable bonds is 3. The van der Waals surface area contributed by atoms with E-state index in [1.165, 1.54) is 26.2 Å². The summed E-state index contributed by atoms with van der Waals surface area (Å²) in [6.07, 6.45) is 0.933. The Morgan fingerprint density at radius 1 is 1.06 bits per heavy atom. The highest BCUT2D eigenvalue weighted by Gasteiger charge is 2.42. The second kappa shape index (κ2) is 4.63. The molecule has 0 spiro atoms. The van der Waals surface area contributed by atoms with E-state index >= 15 is 0 Å². The molecule has 0 bridgehead atoms. The lowest BCUT2D eigenvalue weighted by Crippen LogP contribution is -2.41. The lowest BCUT2D eigenvalue weighted by Gasteiger charge is -2.33. The fourth-order valence-corrected chi connectivity index (χ4v) is 3.11. The summed E-state index contributed by atoms with van der Waals surface area (Å²) < 4.78 is 0. The molecule has 3 heteroatoms. The lowest BCUT2D eigenvalue weighted by atomic mass is 10.0. The van der Waals surface area contributed by atoms with Gasteiger partial charge in [-0.25, -0.2) is 0 Å². The maximum atomic E-state index is 8.84. The summed E-state index contributed by atoms with van der Waals surface area (Å²) in [7, 11) is 0. The number of aliphatic hydroxyl groups is 1. The summed E-state index contributed by atoms with van der Waals surface area (Å²) in [5.41, 5.74) is 0.334. The minimum Gasteiger partial charge on any atom is -0.396 e. The quantitative estimate of drug-likeness (QED) is 0.778. The molecule has 0 unspecified atom stereocenters. The second-order valence-electron chi connectivity index (χ2n) is 6.43. The molecular weight excluding hydrogens is 200 g/mol. The van der Waals surface area contributed by atoms with Crippen LogP contribution >= 0.6 is 0 Å². The minimum atomic E-state index is 0.333. The first kappa shape index (κ1) is 12.3. The third-order valence-corrected chi connectivity index (χ3v) is 4.14. The molecule has 1 N–H and O–H groups in total. The van der Waals surface area contributed by atoms with Crippen molar-refractivity contribution in [2.75, 3.05) is 39.3 Å². The fraction of sp³-hybridized carbons (Fsp3) is 1.00. The minimum absolute atomic E-state index is 0.333. The van der Waals surface area contributed by atoms with E-state index in [1.54, 1.807) is 0 Å². The van der Waals surface area contributed by atoms with Crippen LogP contribution in [0.2, 0.25) is 0 Å². The zero-order valence-corrected chi connectivity index (χ0v) is 10.9. The lowest BCUT2D eigenvalue weighted by molar-refractivity contribution is 0.147. The summed E-state index contributed by atoms with van der Waals surface area (Å²) in [4.78, 5) is 5.16. The Morgan fingerprint density at radius 3 is 2.06 bits per heavy atom. The van der Waals surface area contributed by atoms with Crippen molar-refractivity contribution in [1.82, 2.24) is 9.80 Å². The van der Waals surface area contributed by atoms with E-state index in [4.69, 9.17) is 5.11 Å². The van der Waals surface area contributed by atoms with Gasteiger partial charge in [0.05, 0.1) is 0 Å². The molecule has 3 nitrogen and oxygen atoms in total. The maximum absolute atomic E-state index is 8.84. The van der Waals surface area contributed by atoms with Crippen LogP contribution in [0.3, 0.4) is 0 Å². The summed E-state index contributed by atoms with van der Waals surface area (Å²) in [5.74, 6) is 1.75. The van der Waals surface area contributed by atoms with E-state index in [-0.39, 0.29) is 0 Å². The van der Waals surface area contributed by atoms with Crippen LogP contribution in [-0.2, 0) is 0 Å². The molecule has 0 saturated carbocycles. The molecule has 94 valence electrons. The molecule has 0 aromatic rings. The van der Waals surface area contributed by atoms with Crippen molar-refractivity contribution in [2.24, 2.45) is 11.8 Å². The highest BCUT2D eigenvalue weighted by atomic mass is 16.3. The Kier molecular flexibility index (Phi) is 3.57. The SMILES string of the molecule is CC(C)(C)N1C[C@H]2CN(CCCO)C[C@H]2C1. The van der Waals surface area contributed by atoms with Crippen LogP contribution in [-0.4, -0.2) is 59.8 Å². The highest BCUT2D eigenvalue weighted by molar-refractivity contribution is 4.96. The molecule has 2 heterocycles. The molecule has 2 saturated heterocycles. The van der Waals surface area contributed by atoms with E-state index < -0.39 is 0 Å². The zero-order chi connectivity index (χ0) is 11.8. The average molecular weight is 226 g/mol. The van der Waals surface area contributed by atoms with Gasteiger partial charge >= 0.3 is 0 Å². The van der Waals surface area contributed by atoms with Gasteiger partial charge in [-0.2, -0.15) is 0 Å². The predicted octanol–water partition coefficient (Wildman–Crippen LogP) is 1.03. The van der Waals surface area contributed by atoms with Crippen LogP contribution in [0.1, 0.15) is 27.2 Å². The molecule has 0 aromatic heterocycles. The van der Waals surface area contributed by atoms with Crippen LogP contribution in [0.4, 0.5) is 0 Å². The number of aliphatic hydroxyl groups excluding tert-OH is 1. The Hall–Kier alpha value is -0.120. The molecule has 0 amide bonds. The van der Waals surface area contributed by atoms with Gasteiger partial charge in [0, 0.05) is 44.9 Å². The van der Waals surface area contributed by atoms with E-state index in [0.29, 0.717) is 12.1 Å². The Morgan fingerprint density at radius 2 is 1.62 bits per heavy atom. The fourth-order valence-electron chi connectivity index (χ4n) is 3.11. The predicted molar refractivity (Wildman–Crippen MR) is 66.4 cm³/mol. The molecule has 2 aliphatic rings. The number of likely N-dealkylation sites (tertiary alicyclic amines) is 2. The molecule has 16 heavy (non-hydrogen) atoms. The van der Waals surface area contributed by atoms with Crippen molar-refractivity contribution >= 4 is 0 Å². The number of hydrogen-bond acceptors (Lipinski definition) is 3. The van der Waals surface area contributed by atoms with Crippen molar-refractivity contribution in [3.63, 3.8) is 0 Å². The van der Waals surface area contributed by atoms with Crippen LogP contribution in [0.5, 0.6) is 0 Å². The molecule has 0 aliphatic carbocycles. The normalized spacial score (nSPS) is 32.2. The first-order valence-electron chi connectivity index (χ1n) is 6.59. The summed E-state index contributed by atoms with van der Waals surface area (Å²) in [5, 5.41) is 8.84. The molecule has 2 atom stereocenters. The first-order chi connectivity index (χ1) is 7.50. The van der Waals surface area contributed by atoms with Crippen LogP contribution in [0.25, 0.3) is 0 Å². The first-order valence-corrected chi connectivity index (χ1v) is 6.59. The molecular formula is C13H26N2O. The molecule has 2 aliphatic heterocycles. The van der Waals surface area contributed by atoms with Crippen molar-refractivity contribution in [1.29, 1.82) is 0 Å². The van der Waals surface area contributed by atoms with Crippen molar-refractivity contribution in [2.45, 2.75) is 32.7 Å². The van der Waals surface area contributed by atoms with E-state index in [2.05, 4.69) is 30.6 Å². The Bertz CT molecular complexity index is 223. The monoisotopic (exact) mass is 226 g/mol. The van der Waals surface area contributed by atoms with Gasteiger partial charge in [0.15, 0.2) is 0 Å². The van der Waals surface area contributed by atoms with Gasteiger partial charge in [0.25, 0.3) is 0 Å². The van der Waals surface area contributed by atoms with E-state index in [1.807, 2.05) is 0 Å². The molecule has 0 aromatic carbocycles. The Balaban J connectivity index is 1.82. The third-order valence-electron chi connectivity index (χ3n) is 4.14. The smallest absolute Gasteiger partial charge is 0.0443 e. The maximum Gasteiger partial charge on any atom is 0.0443 e.